The molecule has 1 aliphatic carbocycles. The van der Waals surface area contributed by atoms with Crippen LogP contribution in [0.1, 0.15) is 42.9 Å². The van der Waals surface area contributed by atoms with Gasteiger partial charge < -0.3 is 24.4 Å². The Morgan fingerprint density at radius 2 is 1.74 bits per heavy atom. The molecular formula is C32H34O6S. The molecule has 0 bridgehead atoms. The van der Waals surface area contributed by atoms with Crippen LogP contribution in [0.25, 0.3) is 21.2 Å². The summed E-state index contributed by atoms with van der Waals surface area (Å²) in [5, 5.41) is 22.6. The fourth-order valence-electron chi connectivity index (χ4n) is 5.45. The van der Waals surface area contributed by atoms with Gasteiger partial charge in [0.1, 0.15) is 24.7 Å². The molecule has 0 unspecified atom stereocenters. The molecule has 0 atom stereocenters. The minimum absolute atomic E-state index is 0.0242. The van der Waals surface area contributed by atoms with Crippen molar-refractivity contribution in [2.24, 2.45) is 0 Å². The van der Waals surface area contributed by atoms with Gasteiger partial charge in [0.05, 0.1) is 19.1 Å². The summed E-state index contributed by atoms with van der Waals surface area (Å²) in [6.45, 7) is 6.31. The highest BCUT2D eigenvalue weighted by molar-refractivity contribution is 7.17. The van der Waals surface area contributed by atoms with Gasteiger partial charge in [0.25, 0.3) is 0 Å². The summed E-state index contributed by atoms with van der Waals surface area (Å²) in [5.74, 6) is 0.728. The number of aliphatic hydroxyl groups is 1. The van der Waals surface area contributed by atoms with Crippen molar-refractivity contribution in [1.82, 2.24) is 0 Å². The predicted octanol–water partition coefficient (Wildman–Crippen LogP) is 6.74. The maximum absolute atomic E-state index is 11.4. The van der Waals surface area contributed by atoms with Gasteiger partial charge >= 0.3 is 5.97 Å². The van der Waals surface area contributed by atoms with E-state index in [1.807, 2.05) is 37.3 Å². The minimum atomic E-state index is -0.845. The Morgan fingerprint density at radius 3 is 2.44 bits per heavy atom. The van der Waals surface area contributed by atoms with Gasteiger partial charge in [-0.3, -0.25) is 4.79 Å². The molecule has 0 radical (unpaired) electrons. The Morgan fingerprint density at radius 1 is 0.974 bits per heavy atom. The van der Waals surface area contributed by atoms with E-state index in [0.29, 0.717) is 39.3 Å². The summed E-state index contributed by atoms with van der Waals surface area (Å²) < 4.78 is 18.5. The SMILES string of the molecule is CCOCCOc1ccc(-c2csc3ccc(COc4ccc(C5(CC(=O)O)CC(O)C5)cc4)cc23)c(C)c1. The molecule has 0 aliphatic heterocycles. The van der Waals surface area contributed by atoms with Crippen LogP contribution in [0.4, 0.5) is 0 Å². The molecule has 1 saturated carbocycles. The Bertz CT molecular complexity index is 1440. The van der Waals surface area contributed by atoms with E-state index in [1.165, 1.54) is 21.2 Å². The zero-order valence-electron chi connectivity index (χ0n) is 22.3. The second kappa shape index (κ2) is 11.8. The number of carboxylic acids is 1. The number of benzene rings is 3. The van der Waals surface area contributed by atoms with Crippen molar-refractivity contribution >= 4 is 27.4 Å². The van der Waals surface area contributed by atoms with Gasteiger partial charge in [-0.15, -0.1) is 11.3 Å². The Labute approximate surface area is 232 Å². The Hall–Kier alpha value is -3.39. The molecule has 3 aromatic carbocycles. The van der Waals surface area contributed by atoms with Crippen molar-refractivity contribution < 1.29 is 29.2 Å². The first-order valence-corrected chi connectivity index (χ1v) is 14.2. The average molecular weight is 547 g/mol. The number of ether oxygens (including phenoxy) is 3. The molecule has 2 N–H and O–H groups in total. The number of thiophene rings is 1. The van der Waals surface area contributed by atoms with E-state index in [1.54, 1.807) is 11.3 Å². The highest BCUT2D eigenvalue weighted by atomic mass is 32.1. The van der Waals surface area contributed by atoms with Crippen molar-refractivity contribution in [3.63, 3.8) is 0 Å². The van der Waals surface area contributed by atoms with Gasteiger partial charge in [0, 0.05) is 27.7 Å². The molecule has 0 spiro atoms. The first-order chi connectivity index (χ1) is 18.9. The third kappa shape index (κ3) is 6.11. The van der Waals surface area contributed by atoms with E-state index in [-0.39, 0.29) is 6.42 Å². The fraction of sp³-hybridized carbons (Fsp3) is 0.344. The summed E-state index contributed by atoms with van der Waals surface area (Å²) >= 11 is 1.73. The number of aliphatic hydroxyl groups excluding tert-OH is 1. The lowest BCUT2D eigenvalue weighted by Crippen LogP contribution is -2.46. The predicted molar refractivity (Wildman–Crippen MR) is 154 cm³/mol. The third-order valence-electron chi connectivity index (χ3n) is 7.44. The number of fused-ring (bicyclic) bond motifs is 1. The number of aliphatic carboxylic acids is 1. The number of carboxylic acid groups (broad SMARTS) is 1. The monoisotopic (exact) mass is 546 g/mol. The average Bonchev–Trinajstić information content (AvgIpc) is 3.32. The second-order valence-electron chi connectivity index (χ2n) is 10.2. The highest BCUT2D eigenvalue weighted by Gasteiger charge is 2.46. The van der Waals surface area contributed by atoms with Crippen LogP contribution in [0.3, 0.4) is 0 Å². The molecule has 4 aromatic rings. The molecule has 0 saturated heterocycles. The summed E-state index contributed by atoms with van der Waals surface area (Å²) in [6.07, 6.45) is 0.547. The van der Waals surface area contributed by atoms with Crippen molar-refractivity contribution in [1.29, 1.82) is 0 Å². The summed E-state index contributed by atoms with van der Waals surface area (Å²) in [5.41, 5.74) is 5.06. The van der Waals surface area contributed by atoms with Crippen LogP contribution in [0.5, 0.6) is 11.5 Å². The van der Waals surface area contributed by atoms with E-state index in [2.05, 4.69) is 42.6 Å². The van der Waals surface area contributed by atoms with Gasteiger partial charge in [-0.2, -0.15) is 0 Å². The smallest absolute Gasteiger partial charge is 0.304 e. The summed E-state index contributed by atoms with van der Waals surface area (Å²) in [4.78, 5) is 11.4. The number of rotatable bonds is 12. The van der Waals surface area contributed by atoms with Crippen molar-refractivity contribution in [2.45, 2.75) is 51.2 Å². The molecule has 1 fully saturated rings. The third-order valence-corrected chi connectivity index (χ3v) is 8.40. The topological polar surface area (TPSA) is 85.2 Å². The lowest BCUT2D eigenvalue weighted by molar-refractivity contribution is -0.140. The van der Waals surface area contributed by atoms with Gasteiger partial charge in [0.2, 0.25) is 0 Å². The molecule has 7 heteroatoms. The van der Waals surface area contributed by atoms with Gasteiger partial charge in [-0.1, -0.05) is 24.3 Å². The van der Waals surface area contributed by atoms with E-state index in [9.17, 15) is 15.0 Å². The van der Waals surface area contributed by atoms with Crippen LogP contribution in [0.15, 0.2) is 66.0 Å². The van der Waals surface area contributed by atoms with E-state index in [0.717, 1.165) is 28.2 Å². The van der Waals surface area contributed by atoms with Crippen molar-refractivity contribution in [2.75, 3.05) is 19.8 Å². The van der Waals surface area contributed by atoms with Crippen molar-refractivity contribution in [3.05, 3.63) is 82.7 Å². The number of hydrogen-bond acceptors (Lipinski definition) is 6. The maximum Gasteiger partial charge on any atom is 0.304 e. The zero-order valence-corrected chi connectivity index (χ0v) is 23.1. The molecule has 6 nitrogen and oxygen atoms in total. The molecule has 5 rings (SSSR count). The minimum Gasteiger partial charge on any atom is -0.491 e. The zero-order chi connectivity index (χ0) is 27.4. The van der Waals surface area contributed by atoms with Gasteiger partial charge in [-0.25, -0.2) is 0 Å². The lowest BCUT2D eigenvalue weighted by atomic mass is 9.61. The van der Waals surface area contributed by atoms with Crippen LogP contribution in [0.2, 0.25) is 0 Å². The Kier molecular flexibility index (Phi) is 8.21. The molecule has 0 amide bonds. The van der Waals surface area contributed by atoms with E-state index >= 15 is 0 Å². The molecular weight excluding hydrogens is 512 g/mol. The first kappa shape index (κ1) is 27.2. The molecule has 204 valence electrons. The highest BCUT2D eigenvalue weighted by Crippen LogP contribution is 2.47. The first-order valence-electron chi connectivity index (χ1n) is 13.3. The van der Waals surface area contributed by atoms with Crippen LogP contribution in [-0.2, 0) is 21.6 Å². The number of aryl methyl sites for hydroxylation is 1. The number of carbonyl (C=O) groups is 1. The second-order valence-corrected chi connectivity index (χ2v) is 11.1. The van der Waals surface area contributed by atoms with Crippen LogP contribution in [0, 0.1) is 6.92 Å². The molecule has 39 heavy (non-hydrogen) atoms. The Balaban J connectivity index is 1.27. The van der Waals surface area contributed by atoms with Crippen LogP contribution in [-0.4, -0.2) is 42.1 Å². The van der Waals surface area contributed by atoms with Crippen LogP contribution < -0.4 is 9.47 Å². The summed E-state index contributed by atoms with van der Waals surface area (Å²) in [7, 11) is 0. The number of hydrogen-bond donors (Lipinski definition) is 2. The largest absolute Gasteiger partial charge is 0.491 e. The standard InChI is InChI=1S/C32H34O6S/c1-3-36-12-13-37-26-9-10-27(21(2)14-26)29-20-39-30-11-4-22(15-28(29)30)19-38-25-7-5-23(6-8-25)32(18-31(34)35)16-24(33)17-32/h4-11,14-15,20,24,33H,3,12-13,16-19H2,1-2H3,(H,34,35). The van der Waals surface area contributed by atoms with Gasteiger partial charge in [0.15, 0.2) is 0 Å². The molecule has 1 aliphatic rings. The van der Waals surface area contributed by atoms with Crippen molar-refractivity contribution in [3.8, 4) is 22.6 Å². The molecule has 1 heterocycles. The van der Waals surface area contributed by atoms with Crippen LogP contribution >= 0.6 is 11.3 Å². The van der Waals surface area contributed by atoms with E-state index < -0.39 is 17.5 Å². The normalized spacial score (nSPS) is 18.6. The fourth-order valence-corrected chi connectivity index (χ4v) is 6.39. The van der Waals surface area contributed by atoms with Gasteiger partial charge in [-0.05, 0) is 90.7 Å². The maximum atomic E-state index is 11.4. The summed E-state index contributed by atoms with van der Waals surface area (Å²) in [6, 6.07) is 20.3. The quantitative estimate of drug-likeness (QED) is 0.192. The lowest BCUT2D eigenvalue weighted by Gasteiger charge is -2.45. The molecule has 1 aromatic heterocycles. The van der Waals surface area contributed by atoms with E-state index in [4.69, 9.17) is 14.2 Å².